The summed E-state index contributed by atoms with van der Waals surface area (Å²) < 4.78 is 6.93. The Hall–Kier alpha value is -1.17. The molecule has 2 aliphatic heterocycles. The predicted octanol–water partition coefficient (Wildman–Crippen LogP) is 4.19. The molecule has 2 saturated heterocycles. The van der Waals surface area contributed by atoms with Gasteiger partial charge in [-0.2, -0.15) is 0 Å². The molecular weight excluding hydrogens is 354 g/mol. The zero-order valence-corrected chi connectivity index (χ0v) is 17.0. The molecule has 0 spiro atoms. The third-order valence-electron chi connectivity index (χ3n) is 7.62. The summed E-state index contributed by atoms with van der Waals surface area (Å²) in [6.45, 7) is 6.46. The zero-order chi connectivity index (χ0) is 18.0. The van der Waals surface area contributed by atoms with Crippen molar-refractivity contribution >= 4 is 26.7 Å². The number of epoxide rings is 1. The van der Waals surface area contributed by atoms with Gasteiger partial charge in [0, 0.05) is 24.5 Å². The van der Waals surface area contributed by atoms with Crippen LogP contribution in [0.2, 0.25) is 0 Å². The van der Waals surface area contributed by atoms with Crippen LogP contribution in [0, 0.1) is 5.92 Å². The number of anilines is 1. The van der Waals surface area contributed by atoms with Crippen molar-refractivity contribution < 1.29 is 4.74 Å². The van der Waals surface area contributed by atoms with Crippen LogP contribution in [-0.4, -0.2) is 48.3 Å². The highest BCUT2D eigenvalue weighted by Gasteiger charge is 2.54. The lowest BCUT2D eigenvalue weighted by molar-refractivity contribution is -0.0138. The van der Waals surface area contributed by atoms with Gasteiger partial charge in [-0.3, -0.25) is 4.90 Å². The number of thiazole rings is 1. The Morgan fingerprint density at radius 3 is 3.11 bits per heavy atom. The maximum atomic E-state index is 5.58. The summed E-state index contributed by atoms with van der Waals surface area (Å²) in [5.41, 5.74) is 4.89. The predicted molar refractivity (Wildman–Crippen MR) is 111 cm³/mol. The number of hydrogen-bond acceptors (Lipinski definition) is 5. The molecule has 3 fully saturated rings. The molecule has 4 nitrogen and oxygen atoms in total. The largest absolute Gasteiger partial charge is 0.372 e. The summed E-state index contributed by atoms with van der Waals surface area (Å²) in [5.74, 6) is 0.829. The zero-order valence-electron chi connectivity index (χ0n) is 16.2. The van der Waals surface area contributed by atoms with Crippen LogP contribution in [0.4, 0.5) is 5.13 Å². The molecule has 2 aromatic rings. The molecule has 2 aliphatic carbocycles. The van der Waals surface area contributed by atoms with Crippen molar-refractivity contribution in [2.24, 2.45) is 5.92 Å². The number of benzene rings is 1. The van der Waals surface area contributed by atoms with Gasteiger partial charge in [-0.25, -0.2) is 4.98 Å². The normalized spacial score (nSPS) is 34.9. The first-order chi connectivity index (χ1) is 13.3. The second-order valence-electron chi connectivity index (χ2n) is 9.01. The van der Waals surface area contributed by atoms with E-state index >= 15 is 0 Å². The Morgan fingerprint density at radius 2 is 2.26 bits per heavy atom. The van der Waals surface area contributed by atoms with Gasteiger partial charge in [0.15, 0.2) is 5.13 Å². The van der Waals surface area contributed by atoms with Crippen molar-refractivity contribution in [1.29, 1.82) is 0 Å². The highest BCUT2D eigenvalue weighted by Crippen LogP contribution is 2.56. The minimum Gasteiger partial charge on any atom is -0.372 e. The van der Waals surface area contributed by atoms with Gasteiger partial charge in [0.2, 0.25) is 0 Å². The van der Waals surface area contributed by atoms with Crippen LogP contribution in [0.3, 0.4) is 0 Å². The van der Waals surface area contributed by atoms with Crippen molar-refractivity contribution in [3.63, 3.8) is 0 Å². The Balaban J connectivity index is 1.45. The summed E-state index contributed by atoms with van der Waals surface area (Å²) in [6.07, 6.45) is 8.65. The van der Waals surface area contributed by atoms with Gasteiger partial charge < -0.3 is 10.1 Å². The standard InChI is InChI=1S/C22H29N3OS/c1-2-23-21-24-18-11-17-14(10-20(18)27-21)9-19-16-5-3-4-6-22(16,17)7-8-25(19)12-15-13-26-15/h10-11,15-16,19H,2-9,12-13H2,1H3,(H,23,24)/t15?,16-,19+,22+/m0/s1. The number of ether oxygens (including phenoxy) is 1. The van der Waals surface area contributed by atoms with Crippen LogP contribution in [0.25, 0.3) is 10.2 Å². The molecule has 5 heteroatoms. The number of nitrogens with one attached hydrogen (secondary N) is 1. The molecular formula is C22H29N3OS. The Labute approximate surface area is 165 Å². The van der Waals surface area contributed by atoms with Crippen LogP contribution < -0.4 is 5.32 Å². The van der Waals surface area contributed by atoms with Gasteiger partial charge in [0.05, 0.1) is 22.9 Å². The maximum absolute atomic E-state index is 5.58. The number of rotatable bonds is 4. The number of nitrogens with zero attached hydrogens (tertiary/aromatic N) is 2. The molecule has 1 N–H and O–H groups in total. The van der Waals surface area contributed by atoms with E-state index in [4.69, 9.17) is 9.72 Å². The van der Waals surface area contributed by atoms with E-state index in [0.29, 0.717) is 17.6 Å². The van der Waals surface area contributed by atoms with E-state index < -0.39 is 0 Å². The van der Waals surface area contributed by atoms with Crippen LogP contribution in [-0.2, 0) is 16.6 Å². The lowest BCUT2D eigenvalue weighted by Gasteiger charge is -2.59. The summed E-state index contributed by atoms with van der Waals surface area (Å²) >= 11 is 1.82. The molecule has 27 heavy (non-hydrogen) atoms. The molecule has 0 amide bonds. The minimum absolute atomic E-state index is 0.410. The molecule has 144 valence electrons. The fourth-order valence-electron chi connectivity index (χ4n) is 6.40. The van der Waals surface area contributed by atoms with E-state index in [1.54, 1.807) is 11.1 Å². The average molecular weight is 384 g/mol. The van der Waals surface area contributed by atoms with E-state index in [1.165, 1.54) is 55.3 Å². The highest BCUT2D eigenvalue weighted by atomic mass is 32.1. The van der Waals surface area contributed by atoms with Crippen molar-refractivity contribution in [1.82, 2.24) is 9.88 Å². The summed E-state index contributed by atoms with van der Waals surface area (Å²) in [6, 6.07) is 5.69. The van der Waals surface area contributed by atoms with Gasteiger partial charge >= 0.3 is 0 Å². The molecule has 6 rings (SSSR count). The highest BCUT2D eigenvalue weighted by molar-refractivity contribution is 7.22. The average Bonchev–Trinajstić information content (AvgIpc) is 3.41. The number of aromatic nitrogens is 1. The van der Waals surface area contributed by atoms with Gasteiger partial charge in [-0.15, -0.1) is 0 Å². The molecule has 1 unspecified atom stereocenters. The van der Waals surface area contributed by atoms with Crippen LogP contribution in [0.5, 0.6) is 0 Å². The molecule has 1 saturated carbocycles. The fourth-order valence-corrected chi connectivity index (χ4v) is 7.38. The van der Waals surface area contributed by atoms with Crippen molar-refractivity contribution in [3.05, 3.63) is 23.3 Å². The number of hydrogen-bond donors (Lipinski definition) is 1. The van der Waals surface area contributed by atoms with Crippen molar-refractivity contribution in [3.8, 4) is 0 Å². The molecule has 4 atom stereocenters. The van der Waals surface area contributed by atoms with Crippen LogP contribution in [0.1, 0.15) is 50.2 Å². The third kappa shape index (κ3) is 2.58. The number of fused-ring (bicyclic) bond motifs is 2. The Morgan fingerprint density at radius 1 is 1.33 bits per heavy atom. The molecule has 3 heterocycles. The Kier molecular flexibility index (Phi) is 3.82. The van der Waals surface area contributed by atoms with Gasteiger partial charge in [0.1, 0.15) is 0 Å². The second kappa shape index (κ2) is 6.16. The van der Waals surface area contributed by atoms with E-state index in [1.807, 2.05) is 11.3 Å². The molecule has 4 aliphatic rings. The summed E-state index contributed by atoms with van der Waals surface area (Å²) in [4.78, 5) is 7.68. The lowest BCUT2D eigenvalue weighted by Crippen LogP contribution is -2.61. The number of piperidine rings is 1. The molecule has 0 radical (unpaired) electrons. The molecule has 2 bridgehead atoms. The first-order valence-electron chi connectivity index (χ1n) is 10.8. The first-order valence-corrected chi connectivity index (χ1v) is 11.6. The molecule has 1 aromatic heterocycles. The van der Waals surface area contributed by atoms with Crippen LogP contribution >= 0.6 is 11.3 Å². The van der Waals surface area contributed by atoms with Crippen molar-refractivity contribution in [2.75, 3.05) is 31.6 Å². The third-order valence-corrected chi connectivity index (χ3v) is 8.60. The monoisotopic (exact) mass is 383 g/mol. The second-order valence-corrected chi connectivity index (χ2v) is 10.0. The molecule has 1 aromatic carbocycles. The van der Waals surface area contributed by atoms with E-state index in [0.717, 1.165) is 30.7 Å². The van der Waals surface area contributed by atoms with Crippen molar-refractivity contribution in [2.45, 2.75) is 63.0 Å². The Bertz CT molecular complexity index is 876. The van der Waals surface area contributed by atoms with E-state index in [-0.39, 0.29) is 0 Å². The van der Waals surface area contributed by atoms with E-state index in [9.17, 15) is 0 Å². The topological polar surface area (TPSA) is 40.7 Å². The van der Waals surface area contributed by atoms with Gasteiger partial charge in [0.25, 0.3) is 0 Å². The quantitative estimate of drug-likeness (QED) is 0.804. The maximum Gasteiger partial charge on any atom is 0.183 e. The van der Waals surface area contributed by atoms with Crippen LogP contribution in [0.15, 0.2) is 12.1 Å². The summed E-state index contributed by atoms with van der Waals surface area (Å²) in [5, 5.41) is 4.48. The minimum atomic E-state index is 0.410. The van der Waals surface area contributed by atoms with E-state index in [2.05, 4.69) is 29.3 Å². The lowest BCUT2D eigenvalue weighted by atomic mass is 9.52. The van der Waals surface area contributed by atoms with Gasteiger partial charge in [-0.1, -0.05) is 24.2 Å². The number of likely N-dealkylation sites (tertiary alicyclic amines) is 1. The first kappa shape index (κ1) is 16.8. The fraction of sp³-hybridized carbons (Fsp3) is 0.682. The van der Waals surface area contributed by atoms with Gasteiger partial charge in [-0.05, 0) is 68.3 Å². The summed E-state index contributed by atoms with van der Waals surface area (Å²) in [7, 11) is 0. The smallest absolute Gasteiger partial charge is 0.183 e. The SMILES string of the molecule is CCNc1nc2cc3c(cc2s1)C[C@@H]1[C@@H]2CCCC[C@]32CCN1CC1CO1.